The maximum Gasteiger partial charge on any atom is 0.343 e. The summed E-state index contributed by atoms with van der Waals surface area (Å²) in [7, 11) is 0. The Hall–Kier alpha value is -4.65. The van der Waals surface area contributed by atoms with Crippen molar-refractivity contribution in [2.45, 2.75) is 19.4 Å². The molecule has 7 nitrogen and oxygen atoms in total. The quantitative estimate of drug-likeness (QED) is 0.109. The van der Waals surface area contributed by atoms with Crippen molar-refractivity contribution < 1.29 is 23.7 Å². The van der Waals surface area contributed by atoms with Crippen LogP contribution in [0.4, 0.5) is 11.4 Å². The predicted molar refractivity (Wildman–Crippen MR) is 144 cm³/mol. The van der Waals surface area contributed by atoms with Gasteiger partial charge in [0.15, 0.2) is 0 Å². The van der Waals surface area contributed by atoms with Crippen LogP contribution in [0.2, 0.25) is 0 Å². The number of hydrogen-bond acceptors (Lipinski definition) is 7. The summed E-state index contributed by atoms with van der Waals surface area (Å²) in [5, 5.41) is 0. The first-order chi connectivity index (χ1) is 18.0. The maximum atomic E-state index is 12.3. The number of nitrogen functional groups attached to an aromatic ring is 2. The van der Waals surface area contributed by atoms with E-state index in [1.165, 1.54) is 0 Å². The van der Waals surface area contributed by atoms with Crippen molar-refractivity contribution in [3.8, 4) is 23.0 Å². The summed E-state index contributed by atoms with van der Waals surface area (Å²) in [6, 6.07) is 28.8. The number of esters is 1. The average molecular weight is 499 g/mol. The Morgan fingerprint density at radius 3 is 1.51 bits per heavy atom. The molecule has 0 aromatic heterocycles. The van der Waals surface area contributed by atoms with Crippen molar-refractivity contribution >= 4 is 17.3 Å². The third-order valence-corrected chi connectivity index (χ3v) is 5.47. The van der Waals surface area contributed by atoms with Crippen molar-refractivity contribution in [1.82, 2.24) is 0 Å². The van der Waals surface area contributed by atoms with E-state index in [0.29, 0.717) is 48.3 Å². The minimum absolute atomic E-state index is 0.434. The Balaban J connectivity index is 1.10. The molecule has 4 aromatic rings. The highest BCUT2D eigenvalue weighted by molar-refractivity contribution is 5.91. The van der Waals surface area contributed by atoms with Crippen LogP contribution in [-0.2, 0) is 6.61 Å². The Morgan fingerprint density at radius 2 is 0.973 bits per heavy atom. The van der Waals surface area contributed by atoms with Crippen LogP contribution in [0, 0.1) is 0 Å². The van der Waals surface area contributed by atoms with Crippen molar-refractivity contribution in [3.63, 3.8) is 0 Å². The van der Waals surface area contributed by atoms with Gasteiger partial charge in [-0.15, -0.1) is 0 Å². The van der Waals surface area contributed by atoms with E-state index in [1.807, 2.05) is 48.5 Å². The van der Waals surface area contributed by atoms with Crippen LogP contribution in [-0.4, -0.2) is 19.2 Å². The number of hydrogen-bond donors (Lipinski definition) is 2. The third-order valence-electron chi connectivity index (χ3n) is 5.47. The van der Waals surface area contributed by atoms with E-state index in [-0.39, 0.29) is 0 Å². The molecule has 0 radical (unpaired) electrons. The van der Waals surface area contributed by atoms with Crippen molar-refractivity contribution in [2.75, 3.05) is 24.7 Å². The Morgan fingerprint density at radius 1 is 0.541 bits per heavy atom. The molecule has 4 rings (SSSR count). The van der Waals surface area contributed by atoms with E-state index in [0.717, 1.165) is 29.9 Å². The van der Waals surface area contributed by atoms with Crippen LogP contribution in [0.1, 0.15) is 28.8 Å². The lowest BCUT2D eigenvalue weighted by Gasteiger charge is -2.10. The van der Waals surface area contributed by atoms with Gasteiger partial charge in [-0.2, -0.15) is 0 Å². The number of carbonyl (C=O) groups excluding carboxylic acids is 1. The predicted octanol–water partition coefficient (Wildman–Crippen LogP) is 5.89. The molecule has 0 heterocycles. The number of rotatable bonds is 12. The third kappa shape index (κ3) is 8.21. The van der Waals surface area contributed by atoms with Gasteiger partial charge in [0.1, 0.15) is 29.6 Å². The van der Waals surface area contributed by atoms with Crippen LogP contribution in [0.3, 0.4) is 0 Å². The topological polar surface area (TPSA) is 106 Å². The smallest absolute Gasteiger partial charge is 0.343 e. The van der Waals surface area contributed by atoms with E-state index >= 15 is 0 Å². The summed E-state index contributed by atoms with van der Waals surface area (Å²) in [6.45, 7) is 1.63. The lowest BCUT2D eigenvalue weighted by molar-refractivity contribution is 0.0734. The summed E-state index contributed by atoms with van der Waals surface area (Å²) in [6.07, 6.45) is 1.70. The standard InChI is InChI=1S/C30H30N2O5/c31-24-7-15-28(16-8-24)36-21-22-3-11-26(12-4-22)34-19-1-2-20-35-27-13-5-23(6-14-27)30(33)37-29-17-9-25(32)10-18-29/h3-18H,1-2,19-21,31-32H2. The molecule has 0 unspecified atom stereocenters. The molecule has 0 fully saturated rings. The van der Waals surface area contributed by atoms with Gasteiger partial charge in [-0.05, 0) is 103 Å². The van der Waals surface area contributed by atoms with E-state index < -0.39 is 5.97 Å². The van der Waals surface area contributed by atoms with E-state index in [9.17, 15) is 4.79 Å². The number of benzene rings is 4. The highest BCUT2D eigenvalue weighted by atomic mass is 16.5. The van der Waals surface area contributed by atoms with Crippen LogP contribution in [0.15, 0.2) is 97.1 Å². The molecule has 0 amide bonds. The van der Waals surface area contributed by atoms with Gasteiger partial charge < -0.3 is 30.4 Å². The number of carbonyl (C=O) groups is 1. The Bertz CT molecular complexity index is 1260. The van der Waals surface area contributed by atoms with Crippen molar-refractivity contribution in [3.05, 3.63) is 108 Å². The first-order valence-electron chi connectivity index (χ1n) is 12.1. The maximum absolute atomic E-state index is 12.3. The zero-order valence-corrected chi connectivity index (χ0v) is 20.5. The molecule has 0 saturated heterocycles. The highest BCUT2D eigenvalue weighted by Crippen LogP contribution is 2.19. The molecule has 0 aliphatic heterocycles. The molecule has 37 heavy (non-hydrogen) atoms. The van der Waals surface area contributed by atoms with Gasteiger partial charge >= 0.3 is 5.97 Å². The zero-order chi connectivity index (χ0) is 25.9. The fourth-order valence-electron chi connectivity index (χ4n) is 3.39. The van der Waals surface area contributed by atoms with Gasteiger partial charge in [-0.25, -0.2) is 4.79 Å². The molecule has 0 saturated carbocycles. The molecule has 0 aliphatic rings. The van der Waals surface area contributed by atoms with Gasteiger partial charge in [0.2, 0.25) is 0 Å². The van der Waals surface area contributed by atoms with Gasteiger partial charge in [-0.3, -0.25) is 0 Å². The van der Waals surface area contributed by atoms with Crippen LogP contribution in [0.25, 0.3) is 0 Å². The van der Waals surface area contributed by atoms with Gasteiger partial charge in [0, 0.05) is 11.4 Å². The molecule has 0 aliphatic carbocycles. The van der Waals surface area contributed by atoms with Crippen molar-refractivity contribution in [1.29, 1.82) is 0 Å². The van der Waals surface area contributed by atoms with Crippen LogP contribution < -0.4 is 30.4 Å². The van der Waals surface area contributed by atoms with E-state index in [4.69, 9.17) is 30.4 Å². The van der Waals surface area contributed by atoms with Crippen LogP contribution >= 0.6 is 0 Å². The minimum Gasteiger partial charge on any atom is -0.494 e. The van der Waals surface area contributed by atoms with Crippen LogP contribution in [0.5, 0.6) is 23.0 Å². The fraction of sp³-hybridized carbons (Fsp3) is 0.167. The number of ether oxygens (including phenoxy) is 4. The summed E-state index contributed by atoms with van der Waals surface area (Å²) in [5.41, 5.74) is 14.2. The monoisotopic (exact) mass is 498 g/mol. The van der Waals surface area contributed by atoms with Gasteiger partial charge in [0.25, 0.3) is 0 Å². The summed E-state index contributed by atoms with van der Waals surface area (Å²) in [5.74, 6) is 2.31. The zero-order valence-electron chi connectivity index (χ0n) is 20.5. The van der Waals surface area contributed by atoms with E-state index in [2.05, 4.69) is 0 Å². The fourth-order valence-corrected chi connectivity index (χ4v) is 3.39. The largest absolute Gasteiger partial charge is 0.494 e. The first kappa shape index (κ1) is 25.4. The molecule has 0 bridgehead atoms. The Kier molecular flexibility index (Phi) is 8.86. The molecular formula is C30H30N2O5. The molecular weight excluding hydrogens is 468 g/mol. The summed E-state index contributed by atoms with van der Waals surface area (Å²) in [4.78, 5) is 12.3. The first-order valence-corrected chi connectivity index (χ1v) is 12.1. The summed E-state index contributed by atoms with van der Waals surface area (Å²) < 4.78 is 22.7. The molecule has 190 valence electrons. The Labute approximate surface area is 216 Å². The lowest BCUT2D eigenvalue weighted by Crippen LogP contribution is -2.08. The molecule has 4 N–H and O–H groups in total. The average Bonchev–Trinajstić information content (AvgIpc) is 2.92. The second-order valence-corrected chi connectivity index (χ2v) is 8.39. The highest BCUT2D eigenvalue weighted by Gasteiger charge is 2.09. The molecule has 4 aromatic carbocycles. The number of unbranched alkanes of at least 4 members (excludes halogenated alkanes) is 1. The SMILES string of the molecule is Nc1ccc(OCc2ccc(OCCCCOc3ccc(C(=O)Oc4ccc(N)cc4)cc3)cc2)cc1. The summed E-state index contributed by atoms with van der Waals surface area (Å²) >= 11 is 0. The van der Waals surface area contributed by atoms with Gasteiger partial charge in [0.05, 0.1) is 18.8 Å². The number of anilines is 2. The number of nitrogens with two attached hydrogens (primary N) is 2. The van der Waals surface area contributed by atoms with Gasteiger partial charge in [-0.1, -0.05) is 12.1 Å². The van der Waals surface area contributed by atoms with Crippen molar-refractivity contribution in [2.24, 2.45) is 0 Å². The van der Waals surface area contributed by atoms with E-state index in [1.54, 1.807) is 48.5 Å². The molecule has 7 heteroatoms. The second kappa shape index (κ2) is 12.9. The second-order valence-electron chi connectivity index (χ2n) is 8.39. The molecule has 0 spiro atoms. The molecule has 0 atom stereocenters. The minimum atomic E-state index is -0.434. The normalized spacial score (nSPS) is 10.5. The lowest BCUT2D eigenvalue weighted by atomic mass is 10.2.